The highest BCUT2D eigenvalue weighted by Gasteiger charge is 2.06. The van der Waals surface area contributed by atoms with Crippen LogP contribution in [0.25, 0.3) is 6.08 Å². The Morgan fingerprint density at radius 2 is 1.94 bits per heavy atom. The molecule has 0 saturated heterocycles. The summed E-state index contributed by atoms with van der Waals surface area (Å²) < 4.78 is 4.66. The fourth-order valence-corrected chi connectivity index (χ4v) is 1.24. The quantitative estimate of drug-likeness (QED) is 0.492. The molecule has 0 aliphatic rings. The van der Waals surface area contributed by atoms with Crippen molar-refractivity contribution in [3.8, 4) is 0 Å². The summed E-state index contributed by atoms with van der Waals surface area (Å²) in [6.45, 7) is 1.87. The van der Waals surface area contributed by atoms with Crippen LogP contribution in [-0.2, 0) is 14.3 Å². The van der Waals surface area contributed by atoms with E-state index in [9.17, 15) is 9.59 Å². The van der Waals surface area contributed by atoms with Gasteiger partial charge in [0, 0.05) is 6.08 Å². The van der Waals surface area contributed by atoms with Crippen LogP contribution in [0.2, 0.25) is 0 Å². The van der Waals surface area contributed by atoms with E-state index in [-0.39, 0.29) is 12.2 Å². The zero-order valence-corrected chi connectivity index (χ0v) is 10.00. The van der Waals surface area contributed by atoms with Crippen LogP contribution in [0.15, 0.2) is 48.1 Å². The van der Waals surface area contributed by atoms with Gasteiger partial charge in [-0.2, -0.15) is 0 Å². The Morgan fingerprint density at radius 3 is 2.50 bits per heavy atom. The summed E-state index contributed by atoms with van der Waals surface area (Å²) in [7, 11) is 0. The molecule has 94 valence electrons. The third-order valence-electron chi connectivity index (χ3n) is 2.06. The molecule has 0 aromatic heterocycles. The van der Waals surface area contributed by atoms with E-state index in [0.717, 1.165) is 11.6 Å². The van der Waals surface area contributed by atoms with Crippen molar-refractivity contribution in [2.45, 2.75) is 6.92 Å². The van der Waals surface area contributed by atoms with E-state index in [1.165, 1.54) is 6.08 Å². The summed E-state index contributed by atoms with van der Waals surface area (Å²) in [6.07, 6.45) is 3.96. The molecule has 0 saturated carbocycles. The average molecular weight is 246 g/mol. The molecule has 0 bridgehead atoms. The Kier molecular flexibility index (Phi) is 5.38. The fraction of sp³-hybridized carbons (Fsp3) is 0.143. The fourth-order valence-electron chi connectivity index (χ4n) is 1.24. The lowest BCUT2D eigenvalue weighted by molar-refractivity contribution is -0.138. The molecule has 0 aliphatic carbocycles. The molecule has 0 amide bonds. The van der Waals surface area contributed by atoms with Crippen molar-refractivity contribution in [3.63, 3.8) is 0 Å². The molecule has 1 rings (SSSR count). The summed E-state index contributed by atoms with van der Waals surface area (Å²) in [6, 6.07) is 9.22. The molecule has 1 aromatic rings. The van der Waals surface area contributed by atoms with Gasteiger partial charge in [-0.05, 0) is 18.6 Å². The van der Waals surface area contributed by atoms with Crippen LogP contribution in [-0.4, -0.2) is 23.7 Å². The lowest BCUT2D eigenvalue weighted by Crippen LogP contribution is -2.05. The van der Waals surface area contributed by atoms with Crippen molar-refractivity contribution in [1.82, 2.24) is 0 Å². The van der Waals surface area contributed by atoms with Gasteiger partial charge >= 0.3 is 11.9 Å². The second-order valence-corrected chi connectivity index (χ2v) is 3.40. The number of carboxylic acids is 1. The van der Waals surface area contributed by atoms with Gasteiger partial charge in [0.1, 0.15) is 0 Å². The smallest absolute Gasteiger partial charge is 0.335 e. The minimum absolute atomic E-state index is 0.114. The normalized spacial score (nSPS) is 11.5. The van der Waals surface area contributed by atoms with Gasteiger partial charge < -0.3 is 9.84 Å². The van der Waals surface area contributed by atoms with Crippen molar-refractivity contribution in [2.24, 2.45) is 0 Å². The van der Waals surface area contributed by atoms with Crippen LogP contribution in [0, 0.1) is 0 Å². The maximum Gasteiger partial charge on any atom is 0.335 e. The Labute approximate surface area is 105 Å². The second-order valence-electron chi connectivity index (χ2n) is 3.40. The number of rotatable bonds is 5. The van der Waals surface area contributed by atoms with E-state index < -0.39 is 11.9 Å². The number of carbonyl (C=O) groups is 2. The van der Waals surface area contributed by atoms with Gasteiger partial charge in [-0.1, -0.05) is 36.4 Å². The van der Waals surface area contributed by atoms with E-state index in [0.29, 0.717) is 0 Å². The van der Waals surface area contributed by atoms with Crippen LogP contribution in [0.5, 0.6) is 0 Å². The molecule has 4 nitrogen and oxygen atoms in total. The first kappa shape index (κ1) is 13.7. The predicted molar refractivity (Wildman–Crippen MR) is 67.8 cm³/mol. The molecule has 0 spiro atoms. The number of hydrogen-bond acceptors (Lipinski definition) is 3. The van der Waals surface area contributed by atoms with Crippen LogP contribution in [0.4, 0.5) is 0 Å². The zero-order valence-electron chi connectivity index (χ0n) is 10.00. The van der Waals surface area contributed by atoms with Gasteiger partial charge in [-0.3, -0.25) is 0 Å². The number of carbonyl (C=O) groups excluding carboxylic acids is 1. The topological polar surface area (TPSA) is 63.6 Å². The summed E-state index contributed by atoms with van der Waals surface area (Å²) in [5, 5.41) is 8.94. The summed E-state index contributed by atoms with van der Waals surface area (Å²) in [5.74, 6) is -1.83. The largest absolute Gasteiger partial charge is 0.478 e. The average Bonchev–Trinajstić information content (AvgIpc) is 2.35. The number of esters is 1. The second kappa shape index (κ2) is 7.06. The Bertz CT molecular complexity index is 472. The molecule has 4 heteroatoms. The summed E-state index contributed by atoms with van der Waals surface area (Å²) in [5.41, 5.74) is 0.741. The van der Waals surface area contributed by atoms with Crippen LogP contribution in [0.3, 0.4) is 0 Å². The zero-order chi connectivity index (χ0) is 13.4. The highest BCUT2D eigenvalue weighted by Crippen LogP contribution is 2.06. The van der Waals surface area contributed by atoms with Crippen molar-refractivity contribution in [3.05, 3.63) is 53.6 Å². The van der Waals surface area contributed by atoms with Gasteiger partial charge in [0.15, 0.2) is 0 Å². The van der Waals surface area contributed by atoms with Gasteiger partial charge in [-0.15, -0.1) is 0 Å². The molecule has 1 aromatic carbocycles. The SMILES string of the molecule is CCOC(=O)C=C(C=Cc1ccccc1)C(=O)O. The molecule has 18 heavy (non-hydrogen) atoms. The minimum Gasteiger partial charge on any atom is -0.478 e. The van der Waals surface area contributed by atoms with E-state index in [2.05, 4.69) is 4.74 Å². The minimum atomic E-state index is -1.17. The van der Waals surface area contributed by atoms with E-state index in [4.69, 9.17) is 5.11 Å². The third kappa shape index (κ3) is 4.65. The molecule has 0 heterocycles. The van der Waals surface area contributed by atoms with Gasteiger partial charge in [0.25, 0.3) is 0 Å². The maximum atomic E-state index is 11.2. The number of benzene rings is 1. The first-order valence-electron chi connectivity index (χ1n) is 5.48. The number of carboxylic acid groups (broad SMARTS) is 1. The van der Waals surface area contributed by atoms with Crippen molar-refractivity contribution < 1.29 is 19.4 Å². The number of aliphatic carboxylic acids is 1. The van der Waals surface area contributed by atoms with E-state index in [1.807, 2.05) is 30.3 Å². The Balaban J connectivity index is 2.85. The Hall–Kier alpha value is -2.36. The van der Waals surface area contributed by atoms with Crippen molar-refractivity contribution in [2.75, 3.05) is 6.61 Å². The predicted octanol–water partition coefficient (Wildman–Crippen LogP) is 2.27. The highest BCUT2D eigenvalue weighted by atomic mass is 16.5. The van der Waals surface area contributed by atoms with Gasteiger partial charge in [0.05, 0.1) is 12.2 Å². The monoisotopic (exact) mass is 246 g/mol. The van der Waals surface area contributed by atoms with E-state index in [1.54, 1.807) is 13.0 Å². The first-order chi connectivity index (χ1) is 8.63. The molecule has 0 aliphatic heterocycles. The van der Waals surface area contributed by atoms with Crippen LogP contribution >= 0.6 is 0 Å². The summed E-state index contributed by atoms with van der Waals surface area (Å²) in [4.78, 5) is 22.1. The van der Waals surface area contributed by atoms with E-state index >= 15 is 0 Å². The number of ether oxygens (including phenoxy) is 1. The summed E-state index contributed by atoms with van der Waals surface area (Å²) >= 11 is 0. The molecular weight excluding hydrogens is 232 g/mol. The van der Waals surface area contributed by atoms with Gasteiger partial charge in [-0.25, -0.2) is 9.59 Å². The molecule has 0 unspecified atom stereocenters. The van der Waals surface area contributed by atoms with Crippen LogP contribution < -0.4 is 0 Å². The Morgan fingerprint density at radius 1 is 1.28 bits per heavy atom. The lowest BCUT2D eigenvalue weighted by atomic mass is 10.1. The van der Waals surface area contributed by atoms with Crippen molar-refractivity contribution >= 4 is 18.0 Å². The third-order valence-corrected chi connectivity index (χ3v) is 2.06. The highest BCUT2D eigenvalue weighted by molar-refractivity contribution is 5.98. The molecule has 0 atom stereocenters. The first-order valence-corrected chi connectivity index (χ1v) is 5.48. The molecule has 0 fully saturated rings. The maximum absolute atomic E-state index is 11.2. The molecular formula is C14H14O4. The lowest BCUT2D eigenvalue weighted by Gasteiger charge is -1.98. The van der Waals surface area contributed by atoms with Crippen molar-refractivity contribution in [1.29, 1.82) is 0 Å². The number of hydrogen-bond donors (Lipinski definition) is 1. The molecule has 0 radical (unpaired) electrons. The van der Waals surface area contributed by atoms with Crippen LogP contribution in [0.1, 0.15) is 12.5 Å². The van der Waals surface area contributed by atoms with Gasteiger partial charge in [0.2, 0.25) is 0 Å². The standard InChI is InChI=1S/C14H14O4/c1-2-18-13(15)10-12(14(16)17)9-8-11-6-4-3-5-7-11/h3-10H,2H2,1H3,(H,16,17). The molecule has 1 N–H and O–H groups in total.